The van der Waals surface area contributed by atoms with Gasteiger partial charge in [-0.15, -0.1) is 0 Å². The molecule has 0 aliphatic heterocycles. The van der Waals surface area contributed by atoms with E-state index in [1.54, 1.807) is 30.0 Å². The van der Waals surface area contributed by atoms with E-state index in [0.717, 1.165) is 5.82 Å². The number of carboxylic acid groups (broad SMARTS) is 1. The lowest BCUT2D eigenvalue weighted by Crippen LogP contribution is -2.02. The van der Waals surface area contributed by atoms with E-state index in [9.17, 15) is 9.59 Å². The number of ketones is 1. The Labute approximate surface area is 117 Å². The molecule has 0 bridgehead atoms. The van der Waals surface area contributed by atoms with Crippen molar-refractivity contribution in [1.82, 2.24) is 9.78 Å². The lowest BCUT2D eigenvalue weighted by atomic mass is 10.1. The fraction of sp³-hybridized carbons (Fsp3) is 0.214. The quantitative estimate of drug-likeness (QED) is 0.823. The predicted octanol–water partition coefficient (Wildman–Crippen LogP) is 1.89. The second-order valence-electron chi connectivity index (χ2n) is 3.95. The van der Waals surface area contributed by atoms with Crippen LogP contribution >= 0.6 is 0 Å². The summed E-state index contributed by atoms with van der Waals surface area (Å²) in [6.07, 6.45) is 10.6. The maximum atomic E-state index is 11.3. The second-order valence-corrected chi connectivity index (χ2v) is 3.95. The minimum absolute atomic E-state index is 0.000862. The molecule has 0 spiro atoms. The van der Waals surface area contributed by atoms with E-state index in [2.05, 4.69) is 10.4 Å². The number of anilines is 1. The Morgan fingerprint density at radius 2 is 2.10 bits per heavy atom. The molecular formula is C14H17N3O3. The van der Waals surface area contributed by atoms with Gasteiger partial charge in [0.15, 0.2) is 11.6 Å². The minimum atomic E-state index is -0.745. The molecule has 1 heterocycles. The Kier molecular flexibility index (Phi) is 5.96. The van der Waals surface area contributed by atoms with Gasteiger partial charge in [-0.05, 0) is 12.2 Å². The Bertz CT molecular complexity index is 568. The van der Waals surface area contributed by atoms with Crippen molar-refractivity contribution >= 4 is 17.6 Å². The topological polar surface area (TPSA) is 84.2 Å². The fourth-order valence-electron chi connectivity index (χ4n) is 1.24. The van der Waals surface area contributed by atoms with E-state index in [4.69, 9.17) is 5.11 Å². The Morgan fingerprint density at radius 3 is 2.60 bits per heavy atom. The van der Waals surface area contributed by atoms with Crippen molar-refractivity contribution in [2.24, 2.45) is 7.05 Å². The average Bonchev–Trinajstić information content (AvgIpc) is 2.84. The largest absolute Gasteiger partial charge is 0.481 e. The van der Waals surface area contributed by atoms with Crippen LogP contribution < -0.4 is 5.32 Å². The van der Waals surface area contributed by atoms with Gasteiger partial charge in [-0.25, -0.2) is 0 Å². The number of nitrogens with one attached hydrogen (secondary N) is 1. The molecule has 2 N–H and O–H groups in total. The highest BCUT2D eigenvalue weighted by Gasteiger charge is 2.04. The number of carbonyl (C=O) groups excluding carboxylic acids is 1. The first-order valence-electron chi connectivity index (χ1n) is 6.10. The molecule has 6 heteroatoms. The lowest BCUT2D eigenvalue weighted by Gasteiger charge is -2.01. The van der Waals surface area contributed by atoms with Crippen LogP contribution in [0.15, 0.2) is 48.3 Å². The Hall–Kier alpha value is -2.63. The second kappa shape index (κ2) is 7.73. The van der Waals surface area contributed by atoms with Crippen LogP contribution in [0.5, 0.6) is 0 Å². The van der Waals surface area contributed by atoms with Crippen molar-refractivity contribution in [3.63, 3.8) is 0 Å². The molecule has 0 saturated carbocycles. The molecule has 6 nitrogen and oxygen atoms in total. The maximum absolute atomic E-state index is 11.3. The number of aliphatic carboxylic acids is 1. The molecule has 0 fully saturated rings. The number of carboxylic acids is 1. The van der Waals surface area contributed by atoms with Crippen molar-refractivity contribution in [3.8, 4) is 0 Å². The monoisotopic (exact) mass is 275 g/mol. The Morgan fingerprint density at radius 1 is 1.45 bits per heavy atom. The number of aromatic nitrogens is 2. The molecule has 0 amide bonds. The zero-order valence-corrected chi connectivity index (χ0v) is 11.4. The fourth-order valence-corrected chi connectivity index (χ4v) is 1.24. The van der Waals surface area contributed by atoms with Gasteiger partial charge in [-0.3, -0.25) is 14.3 Å². The summed E-state index contributed by atoms with van der Waals surface area (Å²) in [5, 5.41) is 14.8. The van der Waals surface area contributed by atoms with Crippen LogP contribution in [-0.2, 0) is 16.6 Å². The zero-order valence-electron chi connectivity index (χ0n) is 11.4. The van der Waals surface area contributed by atoms with Crippen molar-refractivity contribution in [3.05, 3.63) is 48.3 Å². The van der Waals surface area contributed by atoms with E-state index in [1.807, 2.05) is 25.4 Å². The summed E-state index contributed by atoms with van der Waals surface area (Å²) in [5.41, 5.74) is 0.628. The number of hydrogen-bond donors (Lipinski definition) is 2. The van der Waals surface area contributed by atoms with Gasteiger partial charge in [0.2, 0.25) is 0 Å². The minimum Gasteiger partial charge on any atom is -0.481 e. The predicted molar refractivity (Wildman–Crippen MR) is 76.1 cm³/mol. The summed E-state index contributed by atoms with van der Waals surface area (Å²) in [7, 11) is 1.84. The van der Waals surface area contributed by atoms with Gasteiger partial charge >= 0.3 is 5.97 Å². The molecular weight excluding hydrogens is 258 g/mol. The van der Waals surface area contributed by atoms with Crippen LogP contribution in [0.2, 0.25) is 0 Å². The van der Waals surface area contributed by atoms with E-state index in [0.29, 0.717) is 5.57 Å². The first-order valence-corrected chi connectivity index (χ1v) is 6.10. The van der Waals surface area contributed by atoms with Crippen LogP contribution in [0.25, 0.3) is 0 Å². The summed E-state index contributed by atoms with van der Waals surface area (Å²) < 4.78 is 1.69. The first kappa shape index (κ1) is 15.4. The molecule has 1 aromatic heterocycles. The smallest absolute Gasteiger partial charge is 0.303 e. The highest BCUT2D eigenvalue weighted by atomic mass is 16.4. The van der Waals surface area contributed by atoms with E-state index >= 15 is 0 Å². The summed E-state index contributed by atoms with van der Waals surface area (Å²) in [4.78, 5) is 20.7. The third-order valence-electron chi connectivity index (χ3n) is 2.31. The highest BCUT2D eigenvalue weighted by molar-refractivity contribution is 6.07. The molecule has 0 aromatic carbocycles. The van der Waals surface area contributed by atoms with Gasteiger partial charge < -0.3 is 10.4 Å². The summed E-state index contributed by atoms with van der Waals surface area (Å²) in [5.74, 6) is -0.0216. The highest BCUT2D eigenvalue weighted by Crippen LogP contribution is 2.08. The molecule has 0 unspecified atom stereocenters. The van der Waals surface area contributed by atoms with Crippen LogP contribution in [0.4, 0.5) is 5.82 Å². The lowest BCUT2D eigenvalue weighted by molar-refractivity contribution is -0.136. The number of nitrogens with zero attached hydrogens (tertiary/aromatic N) is 2. The van der Waals surface area contributed by atoms with Gasteiger partial charge in [0.25, 0.3) is 0 Å². The van der Waals surface area contributed by atoms with Gasteiger partial charge in [0.05, 0.1) is 0 Å². The SMILES string of the molecule is CCC(=O)O.Cn1ccc(NC=C2C=CC=CC2=O)n1. The number of allylic oxidation sites excluding steroid dienone is 5. The third kappa shape index (κ3) is 5.34. The normalized spacial score (nSPS) is 14.9. The number of rotatable bonds is 3. The maximum Gasteiger partial charge on any atom is 0.303 e. The van der Waals surface area contributed by atoms with Crippen molar-refractivity contribution in [2.75, 3.05) is 5.32 Å². The molecule has 20 heavy (non-hydrogen) atoms. The molecule has 1 aliphatic rings. The van der Waals surface area contributed by atoms with Crippen LogP contribution in [0.1, 0.15) is 13.3 Å². The molecule has 1 aliphatic carbocycles. The average molecular weight is 275 g/mol. The van der Waals surface area contributed by atoms with Gasteiger partial charge in [-0.1, -0.05) is 19.1 Å². The van der Waals surface area contributed by atoms with Crippen LogP contribution in [0, 0.1) is 0 Å². The van der Waals surface area contributed by atoms with Crippen molar-refractivity contribution < 1.29 is 14.7 Å². The van der Waals surface area contributed by atoms with E-state index in [1.165, 1.54) is 6.08 Å². The van der Waals surface area contributed by atoms with E-state index < -0.39 is 5.97 Å². The molecule has 0 saturated heterocycles. The summed E-state index contributed by atoms with van der Waals surface area (Å²) >= 11 is 0. The van der Waals surface area contributed by atoms with E-state index in [-0.39, 0.29) is 12.2 Å². The van der Waals surface area contributed by atoms with Gasteiger partial charge in [-0.2, -0.15) is 5.10 Å². The standard InChI is InChI=1S/C11H11N3O.C3H6O2/c1-14-7-6-11(13-14)12-8-9-4-2-3-5-10(9)15;1-2-3(4)5/h2-8H,1H3,(H,12,13);2H2,1H3,(H,4,5). The molecule has 0 atom stereocenters. The zero-order chi connectivity index (χ0) is 15.0. The number of aryl methyl sites for hydroxylation is 1. The summed E-state index contributed by atoms with van der Waals surface area (Å²) in [6.45, 7) is 1.60. The molecule has 1 aromatic rings. The summed E-state index contributed by atoms with van der Waals surface area (Å²) in [6, 6.07) is 1.84. The van der Waals surface area contributed by atoms with Crippen LogP contribution in [0.3, 0.4) is 0 Å². The number of hydrogen-bond acceptors (Lipinski definition) is 4. The molecule has 106 valence electrons. The van der Waals surface area contributed by atoms with Gasteiger partial charge in [0.1, 0.15) is 0 Å². The van der Waals surface area contributed by atoms with Crippen molar-refractivity contribution in [2.45, 2.75) is 13.3 Å². The third-order valence-corrected chi connectivity index (χ3v) is 2.31. The van der Waals surface area contributed by atoms with Crippen LogP contribution in [-0.4, -0.2) is 26.6 Å². The number of carbonyl (C=O) groups is 2. The first-order chi connectivity index (χ1) is 9.52. The molecule has 2 rings (SSSR count). The van der Waals surface area contributed by atoms with Gasteiger partial charge in [0, 0.05) is 37.5 Å². The Balaban J connectivity index is 0.000000347. The van der Waals surface area contributed by atoms with Crippen molar-refractivity contribution in [1.29, 1.82) is 0 Å². The molecule has 0 radical (unpaired) electrons.